The number of aryl methyl sites for hydroxylation is 1. The summed E-state index contributed by atoms with van der Waals surface area (Å²) in [6, 6.07) is 2.20. The van der Waals surface area contributed by atoms with Crippen LogP contribution in [0.4, 0.5) is 0 Å². The Labute approximate surface area is 136 Å². The standard InChI is InChI=1S/C19H22N2S/c1-12-2-16(10-20-9-12)18-21-17(11-22-18)19-6-13-3-14(7-19)5-15(4-13)8-19/h2,9-11,13-15H,3-8H2,1H3. The van der Waals surface area contributed by atoms with Gasteiger partial charge in [-0.1, -0.05) is 0 Å². The fourth-order valence-electron chi connectivity index (χ4n) is 5.75. The van der Waals surface area contributed by atoms with Crippen molar-refractivity contribution in [3.05, 3.63) is 35.1 Å². The molecule has 2 nitrogen and oxygen atoms in total. The Balaban J connectivity index is 1.52. The van der Waals surface area contributed by atoms with Gasteiger partial charge in [0.15, 0.2) is 0 Å². The molecule has 2 aromatic rings. The Morgan fingerprint density at radius 1 is 1.05 bits per heavy atom. The van der Waals surface area contributed by atoms with Gasteiger partial charge in [0.05, 0.1) is 5.69 Å². The molecule has 4 fully saturated rings. The predicted octanol–water partition coefficient (Wildman–Crippen LogP) is 4.98. The highest BCUT2D eigenvalue weighted by Crippen LogP contribution is 2.60. The minimum Gasteiger partial charge on any atom is -0.264 e. The molecule has 4 aliphatic carbocycles. The largest absolute Gasteiger partial charge is 0.264 e. The summed E-state index contributed by atoms with van der Waals surface area (Å²) >= 11 is 1.81. The summed E-state index contributed by atoms with van der Waals surface area (Å²) in [6.45, 7) is 2.10. The Hall–Kier alpha value is -1.22. The van der Waals surface area contributed by atoms with E-state index in [-0.39, 0.29) is 0 Å². The zero-order valence-corrected chi connectivity index (χ0v) is 13.9. The predicted molar refractivity (Wildman–Crippen MR) is 89.9 cm³/mol. The van der Waals surface area contributed by atoms with Gasteiger partial charge in [-0.15, -0.1) is 11.3 Å². The number of aromatic nitrogens is 2. The second kappa shape index (κ2) is 4.64. The van der Waals surface area contributed by atoms with Crippen molar-refractivity contribution < 1.29 is 0 Å². The van der Waals surface area contributed by atoms with Crippen LogP contribution in [0.25, 0.3) is 10.6 Å². The molecule has 0 radical (unpaired) electrons. The summed E-state index contributed by atoms with van der Waals surface area (Å²) in [5.74, 6) is 2.95. The molecule has 0 atom stereocenters. The van der Waals surface area contributed by atoms with Crippen molar-refractivity contribution in [1.82, 2.24) is 9.97 Å². The first-order valence-corrected chi connectivity index (χ1v) is 9.46. The molecule has 22 heavy (non-hydrogen) atoms. The lowest BCUT2D eigenvalue weighted by Gasteiger charge is -2.56. The number of rotatable bonds is 2. The van der Waals surface area contributed by atoms with Gasteiger partial charge in [-0.05, 0) is 74.8 Å². The quantitative estimate of drug-likeness (QED) is 0.781. The van der Waals surface area contributed by atoms with Crippen LogP contribution < -0.4 is 0 Å². The molecule has 0 unspecified atom stereocenters. The van der Waals surface area contributed by atoms with Crippen LogP contribution in [0.15, 0.2) is 23.8 Å². The van der Waals surface area contributed by atoms with Crippen LogP contribution in [-0.2, 0) is 5.41 Å². The molecule has 0 amide bonds. The third-order valence-corrected chi connectivity index (χ3v) is 7.10. The number of hydrogen-bond acceptors (Lipinski definition) is 3. The molecular weight excluding hydrogens is 288 g/mol. The zero-order chi connectivity index (χ0) is 14.7. The molecule has 0 spiro atoms. The van der Waals surface area contributed by atoms with Gasteiger partial charge in [0, 0.05) is 28.8 Å². The molecular formula is C19H22N2S. The molecule has 0 N–H and O–H groups in total. The Morgan fingerprint density at radius 2 is 1.73 bits per heavy atom. The molecule has 2 heterocycles. The van der Waals surface area contributed by atoms with Gasteiger partial charge < -0.3 is 0 Å². The van der Waals surface area contributed by atoms with E-state index in [4.69, 9.17) is 4.98 Å². The lowest BCUT2D eigenvalue weighted by molar-refractivity contribution is -0.00689. The Kier molecular flexibility index (Phi) is 2.79. The monoisotopic (exact) mass is 310 g/mol. The topological polar surface area (TPSA) is 25.8 Å². The Morgan fingerprint density at radius 3 is 2.36 bits per heavy atom. The highest BCUT2D eigenvalue weighted by molar-refractivity contribution is 7.13. The van der Waals surface area contributed by atoms with Crippen molar-refractivity contribution in [3.63, 3.8) is 0 Å². The van der Waals surface area contributed by atoms with Crippen LogP contribution in [0.1, 0.15) is 49.8 Å². The minimum absolute atomic E-state index is 0.417. The van der Waals surface area contributed by atoms with Crippen molar-refractivity contribution in [3.8, 4) is 10.6 Å². The maximum Gasteiger partial charge on any atom is 0.125 e. The molecule has 4 aliphatic rings. The van der Waals surface area contributed by atoms with E-state index in [0.717, 1.165) is 22.8 Å². The van der Waals surface area contributed by atoms with E-state index in [0.29, 0.717) is 5.41 Å². The number of thiazole rings is 1. The summed E-state index contributed by atoms with van der Waals surface area (Å²) in [7, 11) is 0. The first-order valence-electron chi connectivity index (χ1n) is 8.58. The molecule has 2 aromatic heterocycles. The van der Waals surface area contributed by atoms with E-state index < -0.39 is 0 Å². The van der Waals surface area contributed by atoms with Crippen LogP contribution in [0, 0.1) is 24.7 Å². The average molecular weight is 310 g/mol. The van der Waals surface area contributed by atoms with Gasteiger partial charge in [0.2, 0.25) is 0 Å². The maximum absolute atomic E-state index is 5.09. The summed E-state index contributed by atoms with van der Waals surface area (Å²) in [6.07, 6.45) is 12.6. The minimum atomic E-state index is 0.417. The van der Waals surface area contributed by atoms with Crippen molar-refractivity contribution in [1.29, 1.82) is 0 Å². The summed E-state index contributed by atoms with van der Waals surface area (Å²) in [4.78, 5) is 9.42. The highest BCUT2D eigenvalue weighted by atomic mass is 32.1. The van der Waals surface area contributed by atoms with Gasteiger partial charge in [-0.3, -0.25) is 4.98 Å². The van der Waals surface area contributed by atoms with Crippen LogP contribution in [0.3, 0.4) is 0 Å². The van der Waals surface area contributed by atoms with E-state index in [1.807, 2.05) is 23.7 Å². The molecule has 0 aromatic carbocycles. The second-order valence-electron chi connectivity index (χ2n) is 7.99. The second-order valence-corrected chi connectivity index (χ2v) is 8.84. The summed E-state index contributed by atoms with van der Waals surface area (Å²) < 4.78 is 0. The maximum atomic E-state index is 5.09. The fraction of sp³-hybridized carbons (Fsp3) is 0.579. The SMILES string of the molecule is Cc1cncc(-c2nc(C34CC5CC(CC(C5)C3)C4)cs2)c1. The van der Waals surface area contributed by atoms with E-state index in [2.05, 4.69) is 23.4 Å². The first kappa shape index (κ1) is 13.2. The van der Waals surface area contributed by atoms with Crippen molar-refractivity contribution in [2.75, 3.05) is 0 Å². The molecule has 4 saturated carbocycles. The third-order valence-electron chi connectivity index (χ3n) is 6.21. The van der Waals surface area contributed by atoms with Crippen molar-refractivity contribution in [2.24, 2.45) is 17.8 Å². The smallest absolute Gasteiger partial charge is 0.125 e. The van der Waals surface area contributed by atoms with Crippen LogP contribution >= 0.6 is 11.3 Å². The number of pyridine rings is 1. The summed E-state index contributed by atoms with van der Waals surface area (Å²) in [5.41, 5.74) is 4.21. The number of nitrogens with zero attached hydrogens (tertiary/aromatic N) is 2. The van der Waals surface area contributed by atoms with E-state index in [1.54, 1.807) is 0 Å². The lowest BCUT2D eigenvalue weighted by atomic mass is 9.49. The van der Waals surface area contributed by atoms with E-state index >= 15 is 0 Å². The van der Waals surface area contributed by atoms with Crippen LogP contribution in [-0.4, -0.2) is 9.97 Å². The molecule has 0 saturated heterocycles. The van der Waals surface area contributed by atoms with Crippen molar-refractivity contribution in [2.45, 2.75) is 50.9 Å². The van der Waals surface area contributed by atoms with Gasteiger partial charge in [0.1, 0.15) is 5.01 Å². The highest BCUT2D eigenvalue weighted by Gasteiger charge is 2.52. The molecule has 3 heteroatoms. The molecule has 0 aliphatic heterocycles. The van der Waals surface area contributed by atoms with Crippen molar-refractivity contribution >= 4 is 11.3 Å². The first-order chi connectivity index (χ1) is 10.7. The van der Waals surface area contributed by atoms with E-state index in [9.17, 15) is 0 Å². The average Bonchev–Trinajstić information content (AvgIpc) is 2.96. The fourth-order valence-corrected chi connectivity index (χ4v) is 6.67. The van der Waals surface area contributed by atoms with Gasteiger partial charge in [0.25, 0.3) is 0 Å². The molecule has 4 bridgehead atoms. The lowest BCUT2D eigenvalue weighted by Crippen LogP contribution is -2.48. The van der Waals surface area contributed by atoms with Gasteiger partial charge in [-0.2, -0.15) is 0 Å². The zero-order valence-electron chi connectivity index (χ0n) is 13.1. The molecule has 114 valence electrons. The normalized spacial score (nSPS) is 36.0. The van der Waals surface area contributed by atoms with Crippen LogP contribution in [0.5, 0.6) is 0 Å². The molecule has 6 rings (SSSR count). The third kappa shape index (κ3) is 1.98. The van der Waals surface area contributed by atoms with Gasteiger partial charge >= 0.3 is 0 Å². The van der Waals surface area contributed by atoms with Gasteiger partial charge in [-0.25, -0.2) is 4.98 Å². The summed E-state index contributed by atoms with van der Waals surface area (Å²) in [5, 5.41) is 3.51. The van der Waals surface area contributed by atoms with E-state index in [1.165, 1.54) is 55.3 Å². The van der Waals surface area contributed by atoms with Crippen LogP contribution in [0.2, 0.25) is 0 Å². The number of hydrogen-bond donors (Lipinski definition) is 0. The Bertz CT molecular complexity index is 682.